The highest BCUT2D eigenvalue weighted by Gasteiger charge is 2.24. The topological polar surface area (TPSA) is 61.9 Å². The van der Waals surface area contributed by atoms with Crippen LogP contribution in [0.5, 0.6) is 0 Å². The largest absolute Gasteiger partial charge is 0.379 e. The first kappa shape index (κ1) is 15.2. The fourth-order valence-electron chi connectivity index (χ4n) is 2.69. The summed E-state index contributed by atoms with van der Waals surface area (Å²) in [5.41, 5.74) is 0. The number of piperidine rings is 1. The molecule has 2 aliphatic heterocycles. The summed E-state index contributed by atoms with van der Waals surface area (Å²) in [6, 6.07) is 0.571. The third-order valence-electron chi connectivity index (χ3n) is 3.93. The van der Waals surface area contributed by atoms with Gasteiger partial charge < -0.3 is 4.74 Å². The smallest absolute Gasteiger partial charge is 0.279 e. The van der Waals surface area contributed by atoms with Crippen molar-refractivity contribution in [1.82, 2.24) is 13.9 Å². The molecule has 0 unspecified atom stereocenters. The van der Waals surface area contributed by atoms with E-state index in [1.54, 1.807) is 0 Å². The van der Waals surface area contributed by atoms with Gasteiger partial charge in [-0.15, -0.1) is 0 Å². The summed E-state index contributed by atoms with van der Waals surface area (Å²) in [6.07, 6.45) is 3.73. The maximum absolute atomic E-state index is 12.0. The van der Waals surface area contributed by atoms with E-state index in [4.69, 9.17) is 4.74 Å². The molecule has 2 fully saturated rings. The van der Waals surface area contributed by atoms with E-state index in [9.17, 15) is 8.42 Å². The second-order valence-electron chi connectivity index (χ2n) is 5.29. The second kappa shape index (κ2) is 6.99. The van der Waals surface area contributed by atoms with Crippen LogP contribution in [0.3, 0.4) is 0 Å². The molecule has 0 amide bonds. The van der Waals surface area contributed by atoms with E-state index >= 15 is 0 Å². The highest BCUT2D eigenvalue weighted by Crippen LogP contribution is 2.15. The van der Waals surface area contributed by atoms with Crippen molar-refractivity contribution in [3.63, 3.8) is 0 Å². The number of hydrogen-bond acceptors (Lipinski definition) is 4. The SMILES string of the molecule is C[C@H]1CCCCN1CCNS(=O)(=O)N1CCOCC1. The van der Waals surface area contributed by atoms with E-state index in [-0.39, 0.29) is 0 Å². The molecule has 0 aromatic heterocycles. The molecule has 0 radical (unpaired) electrons. The summed E-state index contributed by atoms with van der Waals surface area (Å²) in [6.45, 7) is 6.48. The lowest BCUT2D eigenvalue weighted by atomic mass is 10.0. The Kier molecular flexibility index (Phi) is 5.58. The fourth-order valence-corrected chi connectivity index (χ4v) is 3.85. The molecule has 0 aliphatic carbocycles. The van der Waals surface area contributed by atoms with E-state index in [1.165, 1.54) is 23.6 Å². The van der Waals surface area contributed by atoms with Crippen molar-refractivity contribution >= 4 is 10.2 Å². The number of morpholine rings is 1. The first-order valence-electron chi connectivity index (χ1n) is 7.16. The quantitative estimate of drug-likeness (QED) is 0.776. The van der Waals surface area contributed by atoms with Gasteiger partial charge in [0.2, 0.25) is 0 Å². The summed E-state index contributed by atoms with van der Waals surface area (Å²) in [7, 11) is -3.32. The van der Waals surface area contributed by atoms with E-state index < -0.39 is 10.2 Å². The average molecular weight is 291 g/mol. The molecule has 2 rings (SSSR count). The normalized spacial score (nSPS) is 27.5. The zero-order valence-corrected chi connectivity index (χ0v) is 12.5. The van der Waals surface area contributed by atoms with Crippen LogP contribution in [-0.2, 0) is 14.9 Å². The van der Waals surface area contributed by atoms with Crippen molar-refractivity contribution < 1.29 is 13.2 Å². The van der Waals surface area contributed by atoms with Crippen molar-refractivity contribution in [2.24, 2.45) is 0 Å². The highest BCUT2D eigenvalue weighted by atomic mass is 32.2. The van der Waals surface area contributed by atoms with Crippen molar-refractivity contribution in [1.29, 1.82) is 0 Å². The van der Waals surface area contributed by atoms with Crippen molar-refractivity contribution in [2.45, 2.75) is 32.2 Å². The van der Waals surface area contributed by atoms with Gasteiger partial charge in [-0.3, -0.25) is 4.90 Å². The van der Waals surface area contributed by atoms with Crippen LogP contribution in [0.4, 0.5) is 0 Å². The van der Waals surface area contributed by atoms with E-state index in [1.807, 2.05) is 0 Å². The minimum atomic E-state index is -3.32. The van der Waals surface area contributed by atoms with Crippen LogP contribution in [0.2, 0.25) is 0 Å². The van der Waals surface area contributed by atoms with Gasteiger partial charge in [0.1, 0.15) is 0 Å². The Morgan fingerprint density at radius 3 is 2.63 bits per heavy atom. The molecular formula is C12H25N3O3S. The van der Waals surface area contributed by atoms with Crippen LogP contribution in [0, 0.1) is 0 Å². The van der Waals surface area contributed by atoms with Crippen LogP contribution in [0.25, 0.3) is 0 Å². The molecule has 2 heterocycles. The van der Waals surface area contributed by atoms with Gasteiger partial charge in [0.25, 0.3) is 10.2 Å². The van der Waals surface area contributed by atoms with Gasteiger partial charge in [0.05, 0.1) is 13.2 Å². The second-order valence-corrected chi connectivity index (χ2v) is 7.05. The molecule has 2 aliphatic rings. The average Bonchev–Trinajstić information content (AvgIpc) is 2.42. The van der Waals surface area contributed by atoms with Gasteiger partial charge in [0.15, 0.2) is 0 Å². The number of likely N-dealkylation sites (tertiary alicyclic amines) is 1. The summed E-state index contributed by atoms with van der Waals surface area (Å²) in [5, 5.41) is 0. The molecule has 19 heavy (non-hydrogen) atoms. The lowest BCUT2D eigenvalue weighted by Gasteiger charge is -2.33. The van der Waals surface area contributed by atoms with Gasteiger partial charge in [-0.05, 0) is 26.3 Å². The molecule has 1 atom stereocenters. The van der Waals surface area contributed by atoms with Crippen LogP contribution in [-0.4, -0.2) is 69.6 Å². The van der Waals surface area contributed by atoms with Crippen LogP contribution < -0.4 is 4.72 Å². The Hall–Kier alpha value is -0.210. The molecule has 1 N–H and O–H groups in total. The van der Waals surface area contributed by atoms with Gasteiger partial charge in [-0.2, -0.15) is 12.7 Å². The first-order valence-corrected chi connectivity index (χ1v) is 8.60. The lowest BCUT2D eigenvalue weighted by Crippen LogP contribution is -2.49. The summed E-state index contributed by atoms with van der Waals surface area (Å²) in [5.74, 6) is 0. The molecule has 112 valence electrons. The Balaban J connectivity index is 1.74. The molecule has 0 aromatic rings. The Bertz CT molecular complexity index is 368. The minimum Gasteiger partial charge on any atom is -0.379 e. The molecule has 7 heteroatoms. The monoisotopic (exact) mass is 291 g/mol. The maximum atomic E-state index is 12.0. The molecule has 0 spiro atoms. The van der Waals surface area contributed by atoms with Gasteiger partial charge >= 0.3 is 0 Å². The standard InChI is InChI=1S/C12H25N3O3S/c1-12-4-2-3-6-14(12)7-5-13-19(16,17)15-8-10-18-11-9-15/h12-13H,2-11H2,1H3/t12-/m0/s1. The number of ether oxygens (including phenoxy) is 1. The molecule has 0 bridgehead atoms. The van der Waals surface area contributed by atoms with E-state index in [2.05, 4.69) is 16.5 Å². The van der Waals surface area contributed by atoms with Crippen LogP contribution in [0.1, 0.15) is 26.2 Å². The van der Waals surface area contributed by atoms with E-state index in [0.717, 1.165) is 13.1 Å². The number of rotatable bonds is 5. The maximum Gasteiger partial charge on any atom is 0.279 e. The Morgan fingerprint density at radius 2 is 1.95 bits per heavy atom. The Morgan fingerprint density at radius 1 is 1.21 bits per heavy atom. The van der Waals surface area contributed by atoms with Crippen molar-refractivity contribution in [2.75, 3.05) is 45.9 Å². The molecular weight excluding hydrogens is 266 g/mol. The summed E-state index contributed by atoms with van der Waals surface area (Å²) < 4.78 is 33.4. The summed E-state index contributed by atoms with van der Waals surface area (Å²) >= 11 is 0. The molecule has 0 saturated carbocycles. The highest BCUT2D eigenvalue weighted by molar-refractivity contribution is 7.87. The van der Waals surface area contributed by atoms with Gasteiger partial charge in [-0.25, -0.2) is 4.72 Å². The fraction of sp³-hybridized carbons (Fsp3) is 1.00. The molecule has 0 aromatic carbocycles. The predicted molar refractivity (Wildman–Crippen MR) is 74.2 cm³/mol. The number of hydrogen-bond donors (Lipinski definition) is 1. The predicted octanol–water partition coefficient (Wildman–Crippen LogP) is 0.0274. The number of nitrogens with zero attached hydrogens (tertiary/aromatic N) is 2. The first-order chi connectivity index (χ1) is 9.09. The van der Waals surface area contributed by atoms with Gasteiger partial charge in [0, 0.05) is 32.2 Å². The zero-order chi connectivity index (χ0) is 13.7. The van der Waals surface area contributed by atoms with Crippen LogP contribution >= 0.6 is 0 Å². The number of nitrogens with one attached hydrogen (secondary N) is 1. The lowest BCUT2D eigenvalue weighted by molar-refractivity contribution is 0.0724. The minimum absolute atomic E-state index is 0.454. The van der Waals surface area contributed by atoms with Crippen molar-refractivity contribution in [3.8, 4) is 0 Å². The van der Waals surface area contributed by atoms with Crippen LogP contribution in [0.15, 0.2) is 0 Å². The molecule has 2 saturated heterocycles. The third-order valence-corrected chi connectivity index (χ3v) is 5.55. The molecule has 6 nitrogen and oxygen atoms in total. The zero-order valence-electron chi connectivity index (χ0n) is 11.7. The summed E-state index contributed by atoms with van der Waals surface area (Å²) in [4.78, 5) is 2.37. The van der Waals surface area contributed by atoms with Gasteiger partial charge in [-0.1, -0.05) is 6.42 Å². The Labute approximate surface area is 116 Å². The van der Waals surface area contributed by atoms with Crippen molar-refractivity contribution in [3.05, 3.63) is 0 Å². The van der Waals surface area contributed by atoms with E-state index in [0.29, 0.717) is 38.9 Å². The third kappa shape index (κ3) is 4.39.